The monoisotopic (exact) mass is 333 g/mol. The van der Waals surface area contributed by atoms with Crippen molar-refractivity contribution in [3.05, 3.63) is 65.7 Å². The van der Waals surface area contributed by atoms with Crippen LogP contribution in [0.1, 0.15) is 38.8 Å². The second-order valence-electron chi connectivity index (χ2n) is 6.91. The van der Waals surface area contributed by atoms with Crippen LogP contribution in [0.15, 0.2) is 54.6 Å². The molecule has 1 N–H and O–H groups in total. The molecule has 3 rings (SSSR count). The first-order valence-electron chi connectivity index (χ1n) is 8.73. The van der Waals surface area contributed by atoms with E-state index in [1.165, 1.54) is 23.9 Å². The summed E-state index contributed by atoms with van der Waals surface area (Å²) in [6.07, 6.45) is 4.36. The van der Waals surface area contributed by atoms with Crippen molar-refractivity contribution in [2.75, 3.05) is 11.9 Å². The van der Waals surface area contributed by atoms with E-state index in [-0.39, 0.29) is 11.3 Å². The average molecular weight is 333 g/mol. The van der Waals surface area contributed by atoms with E-state index in [4.69, 9.17) is 0 Å². The number of rotatable bonds is 4. The molecule has 0 atom stereocenters. The smallest absolute Gasteiger partial charge is 0.221 e. The number of amides is 1. The van der Waals surface area contributed by atoms with Crippen LogP contribution in [-0.4, -0.2) is 22.7 Å². The summed E-state index contributed by atoms with van der Waals surface area (Å²) in [5.74, 6) is -0.0529. The molecule has 0 saturated heterocycles. The quantitative estimate of drug-likeness (QED) is 0.804. The van der Waals surface area contributed by atoms with Crippen LogP contribution >= 0.6 is 0 Å². The topological polar surface area (TPSA) is 32.1 Å². The summed E-state index contributed by atoms with van der Waals surface area (Å²) in [4.78, 5) is 11.1. The molecule has 2 aromatic rings. The highest BCUT2D eigenvalue weighted by Gasteiger charge is 2.43. The number of carbonyl (C=O) groups excluding carboxylic acids is 1. The second-order valence-corrected chi connectivity index (χ2v) is 6.91. The molecule has 1 amide bonds. The highest BCUT2D eigenvalue weighted by Crippen LogP contribution is 2.39. The molecule has 0 bridgehead atoms. The number of hydrogen-bond acceptors (Lipinski definition) is 1. The van der Waals surface area contributed by atoms with Crippen LogP contribution in [0.2, 0.25) is 0 Å². The van der Waals surface area contributed by atoms with Gasteiger partial charge in [0.1, 0.15) is 6.54 Å². The van der Waals surface area contributed by atoms with Crippen molar-refractivity contribution in [2.24, 2.45) is 0 Å². The zero-order valence-electron chi connectivity index (χ0n) is 15.3. The Kier molecular flexibility index (Phi) is 4.58. The number of nitrogens with one attached hydrogen (secondary N) is 1. The van der Waals surface area contributed by atoms with Crippen LogP contribution in [0.25, 0.3) is 6.08 Å². The van der Waals surface area contributed by atoms with Crippen molar-refractivity contribution in [3.8, 4) is 0 Å². The number of para-hydroxylation sites is 1. The number of fused-ring (bicyclic) bond motifs is 1. The van der Waals surface area contributed by atoms with Crippen LogP contribution in [-0.2, 0) is 10.2 Å². The van der Waals surface area contributed by atoms with Gasteiger partial charge in [0.15, 0.2) is 5.71 Å². The SMILES string of the molecule is CC[N+]1=C(C=Cc2ccc(NC(C)=O)cc2)C(C)(C)c2ccccc21. The van der Waals surface area contributed by atoms with Crippen molar-refractivity contribution in [1.29, 1.82) is 0 Å². The van der Waals surface area contributed by atoms with E-state index in [9.17, 15) is 4.79 Å². The van der Waals surface area contributed by atoms with Gasteiger partial charge in [0.2, 0.25) is 11.6 Å². The Balaban J connectivity index is 1.91. The second kappa shape index (κ2) is 6.67. The molecule has 3 nitrogen and oxygen atoms in total. The molecule has 0 spiro atoms. The minimum absolute atomic E-state index is 0.0147. The maximum Gasteiger partial charge on any atom is 0.221 e. The van der Waals surface area contributed by atoms with Crippen molar-refractivity contribution in [2.45, 2.75) is 33.1 Å². The van der Waals surface area contributed by atoms with Crippen LogP contribution in [0.4, 0.5) is 11.4 Å². The predicted octanol–water partition coefficient (Wildman–Crippen LogP) is 4.75. The first-order chi connectivity index (χ1) is 11.9. The van der Waals surface area contributed by atoms with E-state index >= 15 is 0 Å². The van der Waals surface area contributed by atoms with Gasteiger partial charge in [0, 0.05) is 30.3 Å². The van der Waals surface area contributed by atoms with Gasteiger partial charge in [0.05, 0.1) is 5.41 Å². The fourth-order valence-corrected chi connectivity index (χ4v) is 3.54. The standard InChI is InChI=1S/C22H24N2O/c1-5-24-20-9-7-6-8-19(20)22(3,4)21(24)15-12-17-10-13-18(14-11-17)23-16(2)25/h6-15H,5H2,1-4H3/p+1. The largest absolute Gasteiger partial charge is 0.326 e. The number of carbonyl (C=O) groups is 1. The lowest BCUT2D eigenvalue weighted by molar-refractivity contribution is -0.433. The Morgan fingerprint density at radius 1 is 1.08 bits per heavy atom. The predicted molar refractivity (Wildman–Crippen MR) is 105 cm³/mol. The number of allylic oxidation sites excluding steroid dienone is 1. The summed E-state index contributed by atoms with van der Waals surface area (Å²) in [6, 6.07) is 16.5. The molecular formula is C22H25N2O+. The van der Waals surface area contributed by atoms with Crippen molar-refractivity contribution < 1.29 is 9.37 Å². The fourth-order valence-electron chi connectivity index (χ4n) is 3.54. The van der Waals surface area contributed by atoms with E-state index in [2.05, 4.69) is 67.1 Å². The maximum atomic E-state index is 11.1. The molecule has 1 aliphatic rings. The average Bonchev–Trinajstić information content (AvgIpc) is 2.81. The summed E-state index contributed by atoms with van der Waals surface area (Å²) in [7, 11) is 0. The molecule has 0 aliphatic carbocycles. The lowest BCUT2D eigenvalue weighted by Gasteiger charge is -2.15. The summed E-state index contributed by atoms with van der Waals surface area (Å²) in [5, 5.41) is 2.79. The molecule has 3 heteroatoms. The van der Waals surface area contributed by atoms with Gasteiger partial charge in [-0.1, -0.05) is 30.3 Å². The van der Waals surface area contributed by atoms with Gasteiger partial charge in [-0.05, 0) is 44.5 Å². The third-order valence-electron chi connectivity index (χ3n) is 4.78. The molecule has 0 saturated carbocycles. The third-order valence-corrected chi connectivity index (χ3v) is 4.78. The van der Waals surface area contributed by atoms with Crippen LogP contribution < -0.4 is 5.32 Å². The molecule has 1 aliphatic heterocycles. The van der Waals surface area contributed by atoms with Gasteiger partial charge in [-0.25, -0.2) is 0 Å². The molecule has 128 valence electrons. The Labute approximate surface area is 149 Å². The highest BCUT2D eigenvalue weighted by molar-refractivity contribution is 6.05. The van der Waals surface area contributed by atoms with E-state index in [1.54, 1.807) is 0 Å². The number of benzene rings is 2. The van der Waals surface area contributed by atoms with Crippen molar-refractivity contribution >= 4 is 29.1 Å². The van der Waals surface area contributed by atoms with Gasteiger partial charge in [0.25, 0.3) is 0 Å². The van der Waals surface area contributed by atoms with Gasteiger partial charge in [-0.2, -0.15) is 4.58 Å². The van der Waals surface area contributed by atoms with Crippen molar-refractivity contribution in [1.82, 2.24) is 0 Å². The lowest BCUT2D eigenvalue weighted by atomic mass is 9.81. The van der Waals surface area contributed by atoms with Gasteiger partial charge < -0.3 is 5.32 Å². The van der Waals surface area contributed by atoms with E-state index in [1.807, 2.05) is 24.3 Å². The molecule has 25 heavy (non-hydrogen) atoms. The number of hydrogen-bond donors (Lipinski definition) is 1. The molecule has 0 radical (unpaired) electrons. The molecule has 0 unspecified atom stereocenters. The first-order valence-corrected chi connectivity index (χ1v) is 8.73. The minimum Gasteiger partial charge on any atom is -0.326 e. The lowest BCUT2D eigenvalue weighted by Crippen LogP contribution is -2.27. The zero-order chi connectivity index (χ0) is 18.0. The summed E-state index contributed by atoms with van der Waals surface area (Å²) in [6.45, 7) is 9.21. The Morgan fingerprint density at radius 2 is 1.76 bits per heavy atom. The fraction of sp³-hybridized carbons (Fsp3) is 0.273. The minimum atomic E-state index is -0.0529. The molecule has 0 aromatic heterocycles. The van der Waals surface area contributed by atoms with Gasteiger partial charge >= 0.3 is 0 Å². The normalized spacial score (nSPS) is 15.5. The van der Waals surface area contributed by atoms with Crippen LogP contribution in [0.5, 0.6) is 0 Å². The Hall–Kier alpha value is -2.68. The summed E-state index contributed by atoms with van der Waals surface area (Å²) in [5.41, 5.74) is 5.90. The zero-order valence-corrected chi connectivity index (χ0v) is 15.3. The third kappa shape index (κ3) is 3.27. The highest BCUT2D eigenvalue weighted by atomic mass is 16.1. The van der Waals surface area contributed by atoms with Crippen LogP contribution in [0.3, 0.4) is 0 Å². The molecule has 0 fully saturated rings. The van der Waals surface area contributed by atoms with E-state index < -0.39 is 0 Å². The van der Waals surface area contributed by atoms with Crippen molar-refractivity contribution in [3.63, 3.8) is 0 Å². The summed E-state index contributed by atoms with van der Waals surface area (Å²) < 4.78 is 2.39. The number of nitrogens with zero attached hydrogens (tertiary/aromatic N) is 1. The van der Waals surface area contributed by atoms with Gasteiger partial charge in [-0.3, -0.25) is 4.79 Å². The first kappa shape index (κ1) is 17.2. The summed E-state index contributed by atoms with van der Waals surface area (Å²) >= 11 is 0. The van der Waals surface area contributed by atoms with Crippen LogP contribution in [0, 0.1) is 0 Å². The maximum absolute atomic E-state index is 11.1. The van der Waals surface area contributed by atoms with E-state index in [0.717, 1.165) is 17.8 Å². The number of anilines is 1. The Bertz CT molecular complexity index is 858. The molecule has 2 aromatic carbocycles. The van der Waals surface area contributed by atoms with Gasteiger partial charge in [-0.15, -0.1) is 0 Å². The molecule has 1 heterocycles. The van der Waals surface area contributed by atoms with E-state index in [0.29, 0.717) is 0 Å². The Morgan fingerprint density at radius 3 is 2.40 bits per heavy atom. The molecular weight excluding hydrogens is 308 g/mol.